The van der Waals surface area contributed by atoms with Gasteiger partial charge in [0.2, 0.25) is 15.9 Å². The Hall–Kier alpha value is -2.38. The number of nitrogens with one attached hydrogen (secondary N) is 2. The zero-order chi connectivity index (χ0) is 18.6. The molecule has 1 amide bonds. The van der Waals surface area contributed by atoms with Gasteiger partial charge in [-0.15, -0.1) is 0 Å². The molecular formula is C19H23N3O3S. The van der Waals surface area contributed by atoms with E-state index in [1.807, 2.05) is 30.3 Å². The van der Waals surface area contributed by atoms with E-state index in [4.69, 9.17) is 0 Å². The first-order chi connectivity index (χ1) is 12.5. The number of anilines is 2. The van der Waals surface area contributed by atoms with Crippen LogP contribution in [0.2, 0.25) is 0 Å². The van der Waals surface area contributed by atoms with Gasteiger partial charge in [0, 0.05) is 24.5 Å². The largest absolute Gasteiger partial charge is 0.374 e. The average Bonchev–Trinajstić information content (AvgIpc) is 3.18. The van der Waals surface area contributed by atoms with Gasteiger partial charge in [0.05, 0.1) is 4.90 Å². The second-order valence-electron chi connectivity index (χ2n) is 6.36. The third-order valence-electron chi connectivity index (χ3n) is 4.37. The molecule has 0 radical (unpaired) electrons. The first kappa shape index (κ1) is 18.4. The summed E-state index contributed by atoms with van der Waals surface area (Å²) >= 11 is 0. The van der Waals surface area contributed by atoms with E-state index in [9.17, 15) is 13.2 Å². The molecule has 1 heterocycles. The maximum absolute atomic E-state index is 12.5. The number of carbonyl (C=O) groups excluding carboxylic acids is 1. The summed E-state index contributed by atoms with van der Waals surface area (Å²) in [6, 6.07) is 15.4. The van der Waals surface area contributed by atoms with E-state index in [0.29, 0.717) is 18.8 Å². The van der Waals surface area contributed by atoms with Gasteiger partial charge in [-0.2, -0.15) is 4.31 Å². The highest BCUT2D eigenvalue weighted by Crippen LogP contribution is 2.22. The molecule has 1 saturated heterocycles. The molecule has 1 fully saturated rings. The summed E-state index contributed by atoms with van der Waals surface area (Å²) in [5.74, 6) is -0.191. The smallest absolute Gasteiger partial charge is 0.246 e. The van der Waals surface area contributed by atoms with Crippen LogP contribution in [0.4, 0.5) is 11.4 Å². The summed E-state index contributed by atoms with van der Waals surface area (Å²) in [6.07, 6.45) is 1.80. The van der Waals surface area contributed by atoms with Gasteiger partial charge in [-0.05, 0) is 56.2 Å². The molecule has 0 bridgehead atoms. The van der Waals surface area contributed by atoms with Gasteiger partial charge in [0.25, 0.3) is 0 Å². The molecule has 26 heavy (non-hydrogen) atoms. The molecule has 2 aromatic carbocycles. The third-order valence-corrected chi connectivity index (χ3v) is 6.29. The van der Waals surface area contributed by atoms with Crippen molar-refractivity contribution in [1.29, 1.82) is 0 Å². The summed E-state index contributed by atoms with van der Waals surface area (Å²) in [7, 11) is -3.43. The van der Waals surface area contributed by atoms with Crippen LogP contribution in [-0.4, -0.2) is 37.8 Å². The van der Waals surface area contributed by atoms with Crippen LogP contribution in [0.3, 0.4) is 0 Å². The molecule has 6 nitrogen and oxygen atoms in total. The molecule has 2 aromatic rings. The number of amides is 1. The predicted molar refractivity (Wildman–Crippen MR) is 103 cm³/mol. The molecule has 1 aliphatic rings. The Labute approximate surface area is 154 Å². The Balaban J connectivity index is 1.62. The van der Waals surface area contributed by atoms with E-state index in [1.54, 1.807) is 31.2 Å². The highest BCUT2D eigenvalue weighted by Gasteiger charge is 2.27. The minimum Gasteiger partial charge on any atom is -0.374 e. The number of hydrogen-bond acceptors (Lipinski definition) is 4. The summed E-state index contributed by atoms with van der Waals surface area (Å²) in [5.41, 5.74) is 1.43. The maximum atomic E-state index is 12.5. The summed E-state index contributed by atoms with van der Waals surface area (Å²) in [5, 5.41) is 5.92. The maximum Gasteiger partial charge on any atom is 0.246 e. The molecule has 0 aliphatic carbocycles. The van der Waals surface area contributed by atoms with Crippen LogP contribution in [0.25, 0.3) is 0 Å². The number of nitrogens with zero attached hydrogens (tertiary/aromatic N) is 1. The van der Waals surface area contributed by atoms with E-state index in [2.05, 4.69) is 10.6 Å². The van der Waals surface area contributed by atoms with Crippen molar-refractivity contribution in [3.05, 3.63) is 54.6 Å². The van der Waals surface area contributed by atoms with Crippen molar-refractivity contribution >= 4 is 27.3 Å². The van der Waals surface area contributed by atoms with Crippen molar-refractivity contribution in [2.45, 2.75) is 30.7 Å². The third kappa shape index (κ3) is 4.23. The second-order valence-corrected chi connectivity index (χ2v) is 8.29. The zero-order valence-electron chi connectivity index (χ0n) is 14.7. The Morgan fingerprint density at radius 3 is 2.19 bits per heavy atom. The fraction of sp³-hybridized carbons (Fsp3) is 0.316. The van der Waals surface area contributed by atoms with Crippen molar-refractivity contribution in [3.63, 3.8) is 0 Å². The van der Waals surface area contributed by atoms with E-state index in [-0.39, 0.29) is 10.8 Å². The van der Waals surface area contributed by atoms with Gasteiger partial charge in [-0.25, -0.2) is 8.42 Å². The number of hydrogen-bond donors (Lipinski definition) is 2. The number of carbonyl (C=O) groups is 1. The lowest BCUT2D eigenvalue weighted by atomic mass is 10.2. The minimum atomic E-state index is -3.43. The number of sulfonamides is 1. The fourth-order valence-electron chi connectivity index (χ4n) is 2.89. The molecule has 0 aromatic heterocycles. The Bertz CT molecular complexity index is 845. The number of benzene rings is 2. The molecule has 0 saturated carbocycles. The van der Waals surface area contributed by atoms with Crippen molar-refractivity contribution in [1.82, 2.24) is 4.31 Å². The van der Waals surface area contributed by atoms with Gasteiger partial charge in [0.1, 0.15) is 6.04 Å². The molecule has 7 heteroatoms. The summed E-state index contributed by atoms with van der Waals surface area (Å²) < 4.78 is 26.5. The molecular weight excluding hydrogens is 350 g/mol. The molecule has 3 rings (SSSR count). The van der Waals surface area contributed by atoms with Crippen molar-refractivity contribution < 1.29 is 13.2 Å². The van der Waals surface area contributed by atoms with Gasteiger partial charge >= 0.3 is 0 Å². The van der Waals surface area contributed by atoms with Gasteiger partial charge in [-0.1, -0.05) is 18.2 Å². The first-order valence-electron chi connectivity index (χ1n) is 8.69. The Morgan fingerprint density at radius 1 is 0.962 bits per heavy atom. The Morgan fingerprint density at radius 2 is 1.58 bits per heavy atom. The SMILES string of the molecule is C[C@@H](Nc1ccccc1)C(=O)Nc1ccc(S(=O)(=O)N2CCCC2)cc1. The van der Waals surface area contributed by atoms with Crippen LogP contribution >= 0.6 is 0 Å². The molecule has 2 N–H and O–H groups in total. The lowest BCUT2D eigenvalue weighted by Crippen LogP contribution is -2.31. The molecule has 1 atom stereocenters. The van der Waals surface area contributed by atoms with Gasteiger partial charge in [-0.3, -0.25) is 4.79 Å². The van der Waals surface area contributed by atoms with Crippen LogP contribution in [-0.2, 0) is 14.8 Å². The highest BCUT2D eigenvalue weighted by atomic mass is 32.2. The van der Waals surface area contributed by atoms with Crippen LogP contribution in [0, 0.1) is 0 Å². The van der Waals surface area contributed by atoms with Gasteiger partial charge in [0.15, 0.2) is 0 Å². The fourth-order valence-corrected chi connectivity index (χ4v) is 4.41. The number of rotatable bonds is 6. The zero-order valence-corrected chi connectivity index (χ0v) is 15.5. The molecule has 1 aliphatic heterocycles. The highest BCUT2D eigenvalue weighted by molar-refractivity contribution is 7.89. The van der Waals surface area contributed by atoms with Crippen LogP contribution in [0.15, 0.2) is 59.5 Å². The second kappa shape index (κ2) is 7.88. The van der Waals surface area contributed by atoms with E-state index >= 15 is 0 Å². The normalized spacial score (nSPS) is 16.2. The lowest BCUT2D eigenvalue weighted by Gasteiger charge is -2.17. The topological polar surface area (TPSA) is 78.5 Å². The molecule has 0 unspecified atom stereocenters. The first-order valence-corrected chi connectivity index (χ1v) is 10.1. The van der Waals surface area contributed by atoms with Crippen LogP contribution < -0.4 is 10.6 Å². The monoisotopic (exact) mass is 373 g/mol. The van der Waals surface area contributed by atoms with Gasteiger partial charge < -0.3 is 10.6 Å². The molecule has 138 valence electrons. The summed E-state index contributed by atoms with van der Waals surface area (Å²) in [6.45, 7) is 2.92. The van der Waals surface area contributed by atoms with Crippen molar-refractivity contribution in [2.24, 2.45) is 0 Å². The standard InChI is InChI=1S/C19H23N3O3S/c1-15(20-16-7-3-2-4-8-16)19(23)21-17-9-11-18(12-10-17)26(24,25)22-13-5-6-14-22/h2-4,7-12,15,20H,5-6,13-14H2,1H3,(H,21,23)/t15-/m1/s1. The van der Waals surface area contributed by atoms with E-state index < -0.39 is 16.1 Å². The van der Waals surface area contributed by atoms with E-state index in [0.717, 1.165) is 18.5 Å². The van der Waals surface area contributed by atoms with Crippen LogP contribution in [0.5, 0.6) is 0 Å². The quantitative estimate of drug-likeness (QED) is 0.816. The average molecular weight is 373 g/mol. The lowest BCUT2D eigenvalue weighted by molar-refractivity contribution is -0.116. The Kier molecular flexibility index (Phi) is 5.58. The number of para-hydroxylation sites is 1. The van der Waals surface area contributed by atoms with E-state index in [1.165, 1.54) is 4.31 Å². The van der Waals surface area contributed by atoms with Crippen molar-refractivity contribution in [2.75, 3.05) is 23.7 Å². The van der Waals surface area contributed by atoms with Crippen LogP contribution in [0.1, 0.15) is 19.8 Å². The predicted octanol–water partition coefficient (Wildman–Crippen LogP) is 2.91. The summed E-state index contributed by atoms with van der Waals surface area (Å²) in [4.78, 5) is 12.6. The van der Waals surface area contributed by atoms with Crippen molar-refractivity contribution in [3.8, 4) is 0 Å². The molecule has 0 spiro atoms. The minimum absolute atomic E-state index is 0.191.